The molecule has 1 fully saturated rings. The Morgan fingerprint density at radius 3 is 2.90 bits per heavy atom. The first kappa shape index (κ1) is 16.2. The van der Waals surface area contributed by atoms with Crippen LogP contribution < -0.4 is 10.1 Å². The van der Waals surface area contributed by atoms with E-state index in [9.17, 15) is 4.39 Å². The number of rotatable bonds is 10. The third-order valence-electron chi connectivity index (χ3n) is 3.87. The summed E-state index contributed by atoms with van der Waals surface area (Å²) in [6.07, 6.45) is 9.80. The van der Waals surface area contributed by atoms with Gasteiger partial charge in [0.2, 0.25) is 0 Å². The molecule has 1 N–H and O–H groups in total. The summed E-state index contributed by atoms with van der Waals surface area (Å²) in [5.41, 5.74) is 0.644. The topological polar surface area (TPSA) is 34.1 Å². The average molecular weight is 294 g/mol. The van der Waals surface area contributed by atoms with Gasteiger partial charge in [0, 0.05) is 24.3 Å². The summed E-state index contributed by atoms with van der Waals surface area (Å²) < 4.78 is 20.0. The average Bonchev–Trinajstić information content (AvgIpc) is 3.29. The molecule has 118 valence electrons. The van der Waals surface area contributed by atoms with Crippen LogP contribution in [-0.2, 0) is 6.54 Å². The highest BCUT2D eigenvalue weighted by Gasteiger charge is 2.21. The Morgan fingerprint density at radius 1 is 1.38 bits per heavy atom. The van der Waals surface area contributed by atoms with Crippen LogP contribution in [0.2, 0.25) is 0 Å². The Balaban J connectivity index is 1.82. The van der Waals surface area contributed by atoms with E-state index in [-0.39, 0.29) is 17.8 Å². The van der Waals surface area contributed by atoms with E-state index in [0.29, 0.717) is 18.2 Å². The van der Waals surface area contributed by atoms with Crippen LogP contribution in [0.25, 0.3) is 0 Å². The van der Waals surface area contributed by atoms with Crippen molar-refractivity contribution in [2.75, 3.05) is 0 Å². The number of aromatic nitrogens is 1. The Morgan fingerprint density at radius 2 is 2.19 bits per heavy atom. The Hall–Kier alpha value is -1.16. The largest absolute Gasteiger partial charge is 0.473 e. The second-order valence-electron chi connectivity index (χ2n) is 6.02. The molecule has 3 nitrogen and oxygen atoms in total. The normalized spacial score (nSPS) is 16.0. The van der Waals surface area contributed by atoms with Crippen molar-refractivity contribution in [1.29, 1.82) is 0 Å². The standard InChI is InChI=1S/C17H27FN2O/c1-3-4-5-6-7-13(2)21-17-16(18)14(10-11-19-17)12-20-15-8-9-15/h10-11,13,15,20H,3-9,12H2,1-2H3. The van der Waals surface area contributed by atoms with Gasteiger partial charge in [-0.05, 0) is 38.7 Å². The van der Waals surface area contributed by atoms with Gasteiger partial charge in [0.25, 0.3) is 5.88 Å². The molecule has 0 saturated heterocycles. The van der Waals surface area contributed by atoms with E-state index >= 15 is 0 Å². The lowest BCUT2D eigenvalue weighted by atomic mass is 10.1. The van der Waals surface area contributed by atoms with Crippen LogP contribution >= 0.6 is 0 Å². The van der Waals surface area contributed by atoms with Crippen molar-refractivity contribution in [3.05, 3.63) is 23.6 Å². The highest BCUT2D eigenvalue weighted by molar-refractivity contribution is 5.23. The van der Waals surface area contributed by atoms with Crippen molar-refractivity contribution >= 4 is 0 Å². The van der Waals surface area contributed by atoms with Crippen LogP contribution in [0, 0.1) is 5.82 Å². The number of hydrogen-bond acceptors (Lipinski definition) is 3. The van der Waals surface area contributed by atoms with Crippen molar-refractivity contribution in [3.8, 4) is 5.88 Å². The Kier molecular flexibility index (Phi) is 6.43. The lowest BCUT2D eigenvalue weighted by Crippen LogP contribution is -2.18. The molecule has 1 saturated carbocycles. The van der Waals surface area contributed by atoms with E-state index in [4.69, 9.17) is 4.74 Å². The number of nitrogens with one attached hydrogen (secondary N) is 1. The summed E-state index contributed by atoms with van der Waals surface area (Å²) >= 11 is 0. The number of unbranched alkanes of at least 4 members (excludes halogenated alkanes) is 3. The molecule has 1 heterocycles. The fourth-order valence-electron chi connectivity index (χ4n) is 2.33. The minimum atomic E-state index is -0.314. The van der Waals surface area contributed by atoms with Crippen LogP contribution in [0.3, 0.4) is 0 Å². The van der Waals surface area contributed by atoms with E-state index in [1.54, 1.807) is 12.3 Å². The predicted octanol–water partition coefficient (Wildman–Crippen LogP) is 4.21. The highest BCUT2D eigenvalue weighted by atomic mass is 19.1. The lowest BCUT2D eigenvalue weighted by Gasteiger charge is -2.15. The van der Waals surface area contributed by atoms with Crippen LogP contribution in [0.4, 0.5) is 4.39 Å². The van der Waals surface area contributed by atoms with Gasteiger partial charge in [0.15, 0.2) is 5.82 Å². The first-order chi connectivity index (χ1) is 10.2. The minimum Gasteiger partial charge on any atom is -0.473 e. The van der Waals surface area contributed by atoms with Crippen LogP contribution in [0.5, 0.6) is 5.88 Å². The molecule has 1 unspecified atom stereocenters. The van der Waals surface area contributed by atoms with Gasteiger partial charge in [-0.15, -0.1) is 0 Å². The van der Waals surface area contributed by atoms with E-state index in [1.807, 2.05) is 6.92 Å². The van der Waals surface area contributed by atoms with Crippen molar-refractivity contribution in [2.24, 2.45) is 0 Å². The van der Waals surface area contributed by atoms with E-state index in [0.717, 1.165) is 12.8 Å². The maximum absolute atomic E-state index is 14.3. The third-order valence-corrected chi connectivity index (χ3v) is 3.87. The first-order valence-electron chi connectivity index (χ1n) is 8.24. The van der Waals surface area contributed by atoms with E-state index in [1.165, 1.54) is 32.1 Å². The summed E-state index contributed by atoms with van der Waals surface area (Å²) in [5, 5.41) is 3.32. The molecule has 1 aliphatic carbocycles. The molecule has 0 aliphatic heterocycles. The highest BCUT2D eigenvalue weighted by Crippen LogP contribution is 2.23. The molecule has 0 amide bonds. The Bertz CT molecular complexity index is 435. The van der Waals surface area contributed by atoms with Gasteiger partial charge < -0.3 is 10.1 Å². The summed E-state index contributed by atoms with van der Waals surface area (Å²) in [6.45, 7) is 4.74. The van der Waals surface area contributed by atoms with Gasteiger partial charge in [0.05, 0.1) is 6.10 Å². The fourth-order valence-corrected chi connectivity index (χ4v) is 2.33. The van der Waals surface area contributed by atoms with Gasteiger partial charge in [-0.25, -0.2) is 9.37 Å². The fraction of sp³-hybridized carbons (Fsp3) is 0.706. The quantitative estimate of drug-likeness (QED) is 0.656. The van der Waals surface area contributed by atoms with Gasteiger partial charge in [0.1, 0.15) is 0 Å². The minimum absolute atomic E-state index is 0.00972. The third kappa shape index (κ3) is 5.62. The van der Waals surface area contributed by atoms with Crippen molar-refractivity contribution in [3.63, 3.8) is 0 Å². The number of pyridine rings is 1. The van der Waals surface area contributed by atoms with Crippen LogP contribution in [0.1, 0.15) is 64.4 Å². The molecule has 1 atom stereocenters. The van der Waals surface area contributed by atoms with Crippen LogP contribution in [0.15, 0.2) is 12.3 Å². The van der Waals surface area contributed by atoms with Gasteiger partial charge in [-0.3, -0.25) is 0 Å². The summed E-state index contributed by atoms with van der Waals surface area (Å²) in [5.74, 6) is -0.167. The second-order valence-corrected chi connectivity index (χ2v) is 6.02. The monoisotopic (exact) mass is 294 g/mol. The molecule has 4 heteroatoms. The zero-order chi connectivity index (χ0) is 15.1. The number of ether oxygens (including phenoxy) is 1. The zero-order valence-corrected chi connectivity index (χ0v) is 13.2. The SMILES string of the molecule is CCCCCCC(C)Oc1nccc(CNC2CC2)c1F. The Labute approximate surface area is 127 Å². The molecule has 2 rings (SSSR count). The zero-order valence-electron chi connectivity index (χ0n) is 13.2. The molecular weight excluding hydrogens is 267 g/mol. The van der Waals surface area contributed by atoms with Crippen molar-refractivity contribution in [2.45, 2.75) is 77.5 Å². The lowest BCUT2D eigenvalue weighted by molar-refractivity contribution is 0.188. The molecule has 0 aromatic carbocycles. The summed E-state index contributed by atoms with van der Waals surface area (Å²) in [4.78, 5) is 4.04. The molecular formula is C17H27FN2O. The predicted molar refractivity (Wildman–Crippen MR) is 82.9 cm³/mol. The molecule has 0 radical (unpaired) electrons. The van der Waals surface area contributed by atoms with Gasteiger partial charge in [-0.2, -0.15) is 0 Å². The summed E-state index contributed by atoms with van der Waals surface area (Å²) in [7, 11) is 0. The van der Waals surface area contributed by atoms with Crippen molar-refractivity contribution < 1.29 is 9.13 Å². The van der Waals surface area contributed by atoms with Crippen molar-refractivity contribution in [1.82, 2.24) is 10.3 Å². The number of nitrogens with zero attached hydrogens (tertiary/aromatic N) is 1. The smallest absolute Gasteiger partial charge is 0.250 e. The molecule has 1 aromatic rings. The summed E-state index contributed by atoms with van der Waals surface area (Å²) in [6, 6.07) is 2.29. The maximum Gasteiger partial charge on any atom is 0.250 e. The van der Waals surface area contributed by atoms with E-state index in [2.05, 4.69) is 17.2 Å². The molecule has 1 aliphatic rings. The van der Waals surface area contributed by atoms with Crippen LogP contribution in [-0.4, -0.2) is 17.1 Å². The second kappa shape index (κ2) is 8.32. The molecule has 21 heavy (non-hydrogen) atoms. The maximum atomic E-state index is 14.3. The molecule has 1 aromatic heterocycles. The van der Waals surface area contributed by atoms with Gasteiger partial charge in [-0.1, -0.05) is 26.2 Å². The number of halogens is 1. The van der Waals surface area contributed by atoms with Gasteiger partial charge >= 0.3 is 0 Å². The number of hydrogen-bond donors (Lipinski definition) is 1. The molecule has 0 spiro atoms. The molecule has 0 bridgehead atoms. The first-order valence-corrected chi connectivity index (χ1v) is 8.24. The van der Waals surface area contributed by atoms with E-state index < -0.39 is 0 Å².